The molecule has 0 heterocycles. The van der Waals surface area contributed by atoms with Crippen LogP contribution in [-0.4, -0.2) is 30.3 Å². The number of carbonyl (C=O) groups is 1. The first-order valence-electron chi connectivity index (χ1n) is 6.01. The number of phenols is 1. The van der Waals surface area contributed by atoms with Crippen LogP contribution >= 0.6 is 0 Å². The van der Waals surface area contributed by atoms with Gasteiger partial charge in [0.25, 0.3) is 0 Å². The highest BCUT2D eigenvalue weighted by Gasteiger charge is 2.16. The molecule has 0 saturated carbocycles. The van der Waals surface area contributed by atoms with E-state index in [-0.39, 0.29) is 28.9 Å². The van der Waals surface area contributed by atoms with Crippen molar-refractivity contribution in [3.8, 4) is 17.2 Å². The Labute approximate surface area is 116 Å². The van der Waals surface area contributed by atoms with E-state index in [1.807, 2.05) is 0 Å². The van der Waals surface area contributed by atoms with Gasteiger partial charge in [-0.15, -0.1) is 0 Å². The summed E-state index contributed by atoms with van der Waals surface area (Å²) >= 11 is 0. The third-order valence-electron chi connectivity index (χ3n) is 2.11. The molecule has 2 amide bonds. The first-order valence-corrected chi connectivity index (χ1v) is 6.01. The number of hydrogen-bond acceptors (Lipinski definition) is 4. The monoisotopic (exact) mass is 282 g/mol. The molecular formula is C12H18N4O4. The normalized spacial score (nSPS) is 9.70. The fraction of sp³-hybridized carbons (Fsp3) is 0.333. The van der Waals surface area contributed by atoms with Gasteiger partial charge in [0.1, 0.15) is 22.9 Å². The second kappa shape index (κ2) is 7.07. The average molecular weight is 282 g/mol. The number of phenolic OH excluding ortho intramolecular Hbond substituents is 1. The van der Waals surface area contributed by atoms with Crippen LogP contribution in [0.2, 0.25) is 0 Å². The van der Waals surface area contributed by atoms with Crippen LogP contribution in [0.15, 0.2) is 17.1 Å². The van der Waals surface area contributed by atoms with Crippen LogP contribution in [0, 0.1) is 0 Å². The molecule has 1 aromatic rings. The van der Waals surface area contributed by atoms with Crippen LogP contribution in [0.1, 0.15) is 13.8 Å². The molecule has 0 aliphatic carbocycles. The van der Waals surface area contributed by atoms with Gasteiger partial charge in [-0.1, -0.05) is 0 Å². The molecule has 0 unspecified atom stereocenters. The molecule has 0 aromatic heterocycles. The third kappa shape index (κ3) is 4.23. The van der Waals surface area contributed by atoms with E-state index in [0.29, 0.717) is 13.2 Å². The van der Waals surface area contributed by atoms with Crippen LogP contribution in [0.3, 0.4) is 0 Å². The highest BCUT2D eigenvalue weighted by molar-refractivity contribution is 6.00. The number of aliphatic imine (C=N–C) groups is 1. The summed E-state index contributed by atoms with van der Waals surface area (Å²) in [6.45, 7) is 4.23. The van der Waals surface area contributed by atoms with Crippen LogP contribution < -0.4 is 26.3 Å². The number of rotatable bonds is 5. The number of aromatic hydroxyl groups is 1. The van der Waals surface area contributed by atoms with Crippen molar-refractivity contribution in [1.29, 1.82) is 0 Å². The van der Waals surface area contributed by atoms with Crippen molar-refractivity contribution >= 4 is 17.7 Å². The van der Waals surface area contributed by atoms with E-state index in [4.69, 9.17) is 20.9 Å². The molecule has 0 spiro atoms. The fourth-order valence-corrected chi connectivity index (χ4v) is 1.49. The van der Waals surface area contributed by atoms with Crippen molar-refractivity contribution < 1.29 is 19.4 Å². The average Bonchev–Trinajstić information content (AvgIpc) is 2.33. The van der Waals surface area contributed by atoms with Gasteiger partial charge in [0.05, 0.1) is 13.2 Å². The number of nitrogens with zero attached hydrogens (tertiary/aromatic N) is 1. The molecule has 0 fully saturated rings. The quantitative estimate of drug-likeness (QED) is 0.362. The Morgan fingerprint density at radius 1 is 1.25 bits per heavy atom. The summed E-state index contributed by atoms with van der Waals surface area (Å²) in [4.78, 5) is 14.9. The number of carbonyl (C=O) groups excluding carboxylic acids is 1. The minimum absolute atomic E-state index is 0.0447. The van der Waals surface area contributed by atoms with E-state index in [1.165, 1.54) is 12.1 Å². The highest BCUT2D eigenvalue weighted by Crippen LogP contribution is 2.39. The topological polar surface area (TPSA) is 132 Å². The number of nitrogens with two attached hydrogens (primary N) is 2. The van der Waals surface area contributed by atoms with Crippen molar-refractivity contribution in [3.63, 3.8) is 0 Å². The lowest BCUT2D eigenvalue weighted by Crippen LogP contribution is -2.25. The molecule has 8 nitrogen and oxygen atoms in total. The molecular weight excluding hydrogens is 264 g/mol. The minimum atomic E-state index is -0.766. The summed E-state index contributed by atoms with van der Waals surface area (Å²) in [6.07, 6.45) is 0. The molecule has 0 radical (unpaired) electrons. The summed E-state index contributed by atoms with van der Waals surface area (Å²) in [7, 11) is 0. The smallest absolute Gasteiger partial charge is 0.348 e. The zero-order valence-corrected chi connectivity index (χ0v) is 11.3. The number of anilines is 1. The number of amides is 2. The number of ether oxygens (including phenoxy) is 2. The van der Waals surface area contributed by atoms with Crippen molar-refractivity contribution in [2.45, 2.75) is 13.8 Å². The van der Waals surface area contributed by atoms with E-state index in [1.54, 1.807) is 13.8 Å². The van der Waals surface area contributed by atoms with Crippen LogP contribution in [0.5, 0.6) is 17.2 Å². The van der Waals surface area contributed by atoms with Gasteiger partial charge in [0, 0.05) is 12.1 Å². The van der Waals surface area contributed by atoms with Crippen molar-refractivity contribution in [3.05, 3.63) is 12.1 Å². The fourth-order valence-electron chi connectivity index (χ4n) is 1.49. The largest absolute Gasteiger partial charge is 0.508 e. The Morgan fingerprint density at radius 2 is 1.75 bits per heavy atom. The van der Waals surface area contributed by atoms with Crippen LogP contribution in [0.25, 0.3) is 0 Å². The first-order chi connectivity index (χ1) is 9.47. The zero-order valence-electron chi connectivity index (χ0n) is 11.3. The van der Waals surface area contributed by atoms with Crippen molar-refractivity contribution in [1.82, 2.24) is 0 Å². The number of urea groups is 1. The molecule has 1 rings (SSSR count). The van der Waals surface area contributed by atoms with Gasteiger partial charge in [-0.05, 0) is 13.8 Å². The zero-order chi connectivity index (χ0) is 15.1. The van der Waals surface area contributed by atoms with Gasteiger partial charge in [-0.3, -0.25) is 5.32 Å². The SMILES string of the molecule is CCOc1cc(O)cc(OCC)c1NC(=O)N=C(N)N. The molecule has 6 N–H and O–H groups in total. The highest BCUT2D eigenvalue weighted by atomic mass is 16.5. The second-order valence-corrected chi connectivity index (χ2v) is 3.65. The van der Waals surface area contributed by atoms with Gasteiger partial charge < -0.3 is 26.0 Å². The van der Waals surface area contributed by atoms with Gasteiger partial charge >= 0.3 is 6.03 Å². The summed E-state index contributed by atoms with van der Waals surface area (Å²) < 4.78 is 10.7. The number of benzene rings is 1. The maximum Gasteiger partial charge on any atom is 0.348 e. The van der Waals surface area contributed by atoms with Crippen molar-refractivity contribution in [2.24, 2.45) is 16.5 Å². The van der Waals surface area contributed by atoms with Gasteiger partial charge in [0.15, 0.2) is 5.96 Å². The van der Waals surface area contributed by atoms with Crippen LogP contribution in [-0.2, 0) is 0 Å². The standard InChI is InChI=1S/C12H18N4O4/c1-3-19-8-5-7(17)6-9(20-4-2)10(8)15-12(18)16-11(13)14/h5-6,17H,3-4H2,1-2H3,(H5,13,14,15,16,18). The Morgan fingerprint density at radius 3 is 2.15 bits per heavy atom. The lowest BCUT2D eigenvalue weighted by atomic mass is 10.2. The summed E-state index contributed by atoms with van der Waals surface area (Å²) in [5, 5.41) is 12.1. The maximum absolute atomic E-state index is 11.6. The number of guanidine groups is 1. The maximum atomic E-state index is 11.6. The van der Waals surface area contributed by atoms with Gasteiger partial charge in [0.2, 0.25) is 0 Å². The molecule has 8 heteroatoms. The molecule has 20 heavy (non-hydrogen) atoms. The minimum Gasteiger partial charge on any atom is -0.508 e. The first kappa shape index (κ1) is 15.4. The second-order valence-electron chi connectivity index (χ2n) is 3.65. The van der Waals surface area contributed by atoms with E-state index >= 15 is 0 Å². The summed E-state index contributed by atoms with van der Waals surface area (Å²) in [5.74, 6) is 0.110. The Bertz CT molecular complexity index is 485. The summed E-state index contributed by atoms with van der Waals surface area (Å²) in [6, 6.07) is 1.95. The molecule has 1 aromatic carbocycles. The number of hydrogen-bond donors (Lipinski definition) is 4. The van der Waals surface area contributed by atoms with E-state index < -0.39 is 6.03 Å². The van der Waals surface area contributed by atoms with Gasteiger partial charge in [-0.25, -0.2) is 4.79 Å². The molecule has 0 bridgehead atoms. The predicted octanol–water partition coefficient (Wildman–Crippen LogP) is 0.995. The van der Waals surface area contributed by atoms with E-state index in [9.17, 15) is 9.90 Å². The molecule has 0 aliphatic heterocycles. The Kier molecular flexibility index (Phi) is 5.45. The van der Waals surface area contributed by atoms with E-state index in [2.05, 4.69) is 10.3 Å². The molecule has 0 saturated heterocycles. The summed E-state index contributed by atoms with van der Waals surface area (Å²) in [5.41, 5.74) is 10.5. The third-order valence-corrected chi connectivity index (χ3v) is 2.11. The van der Waals surface area contributed by atoms with E-state index in [0.717, 1.165) is 0 Å². The molecule has 0 atom stereocenters. The Balaban J connectivity index is 3.17. The molecule has 110 valence electrons. The lowest BCUT2D eigenvalue weighted by molar-refractivity contribution is 0.259. The van der Waals surface area contributed by atoms with Gasteiger partial charge in [-0.2, -0.15) is 4.99 Å². The predicted molar refractivity (Wildman–Crippen MR) is 75.3 cm³/mol. The lowest BCUT2D eigenvalue weighted by Gasteiger charge is -2.15. The molecule has 0 aliphatic rings. The number of nitrogens with one attached hydrogen (secondary N) is 1. The van der Waals surface area contributed by atoms with Crippen LogP contribution in [0.4, 0.5) is 10.5 Å². The Hall–Kier alpha value is -2.64. The van der Waals surface area contributed by atoms with Crippen molar-refractivity contribution in [2.75, 3.05) is 18.5 Å².